The Labute approximate surface area is 103 Å². The fraction of sp³-hybridized carbons (Fsp3) is 0.250. The lowest BCUT2D eigenvalue weighted by Crippen LogP contribution is -1.99. The molecule has 2 aromatic rings. The van der Waals surface area contributed by atoms with Crippen LogP contribution in [0.4, 0.5) is 0 Å². The zero-order valence-corrected chi connectivity index (χ0v) is 10.9. The SMILES string of the molecule is Cc1ccc(Br)cc1OCc1ccn(C)n1. The highest BCUT2D eigenvalue weighted by Gasteiger charge is 2.02. The van der Waals surface area contributed by atoms with Gasteiger partial charge < -0.3 is 4.74 Å². The van der Waals surface area contributed by atoms with Crippen molar-refractivity contribution in [3.8, 4) is 5.75 Å². The maximum atomic E-state index is 5.71. The maximum Gasteiger partial charge on any atom is 0.132 e. The first-order valence-electron chi connectivity index (χ1n) is 5.02. The van der Waals surface area contributed by atoms with Crippen molar-refractivity contribution in [3.63, 3.8) is 0 Å². The van der Waals surface area contributed by atoms with Crippen molar-refractivity contribution >= 4 is 15.9 Å². The van der Waals surface area contributed by atoms with Crippen LogP contribution in [0.2, 0.25) is 0 Å². The van der Waals surface area contributed by atoms with E-state index in [4.69, 9.17) is 4.74 Å². The molecule has 0 spiro atoms. The molecule has 16 heavy (non-hydrogen) atoms. The average Bonchev–Trinajstić information content (AvgIpc) is 2.66. The summed E-state index contributed by atoms with van der Waals surface area (Å²) in [6.07, 6.45) is 1.91. The van der Waals surface area contributed by atoms with E-state index in [1.807, 2.05) is 44.4 Å². The topological polar surface area (TPSA) is 27.1 Å². The summed E-state index contributed by atoms with van der Waals surface area (Å²) in [5.74, 6) is 0.889. The highest BCUT2D eigenvalue weighted by Crippen LogP contribution is 2.23. The minimum Gasteiger partial charge on any atom is -0.487 e. The molecule has 1 aromatic heterocycles. The van der Waals surface area contributed by atoms with Crippen molar-refractivity contribution in [2.75, 3.05) is 0 Å². The summed E-state index contributed by atoms with van der Waals surface area (Å²) in [6.45, 7) is 2.53. The van der Waals surface area contributed by atoms with Gasteiger partial charge in [-0.25, -0.2) is 0 Å². The molecule has 1 heterocycles. The lowest BCUT2D eigenvalue weighted by molar-refractivity contribution is 0.298. The van der Waals surface area contributed by atoms with Crippen LogP contribution < -0.4 is 4.74 Å². The van der Waals surface area contributed by atoms with E-state index >= 15 is 0 Å². The van der Waals surface area contributed by atoms with Crippen molar-refractivity contribution in [2.24, 2.45) is 7.05 Å². The van der Waals surface area contributed by atoms with Gasteiger partial charge in [0.1, 0.15) is 12.4 Å². The van der Waals surface area contributed by atoms with Gasteiger partial charge >= 0.3 is 0 Å². The van der Waals surface area contributed by atoms with Crippen LogP contribution in [0.3, 0.4) is 0 Å². The summed E-state index contributed by atoms with van der Waals surface area (Å²) in [5.41, 5.74) is 2.06. The van der Waals surface area contributed by atoms with Crippen molar-refractivity contribution in [3.05, 3.63) is 46.2 Å². The number of aromatic nitrogens is 2. The minimum atomic E-state index is 0.498. The summed E-state index contributed by atoms with van der Waals surface area (Å²) in [5, 5.41) is 4.26. The molecule has 0 unspecified atom stereocenters. The van der Waals surface area contributed by atoms with Gasteiger partial charge in [0, 0.05) is 17.7 Å². The molecule has 84 valence electrons. The van der Waals surface area contributed by atoms with Crippen LogP contribution in [0.15, 0.2) is 34.9 Å². The fourth-order valence-corrected chi connectivity index (χ4v) is 1.76. The Bertz CT molecular complexity index is 494. The molecule has 4 heteroatoms. The van der Waals surface area contributed by atoms with E-state index in [-0.39, 0.29) is 0 Å². The smallest absolute Gasteiger partial charge is 0.132 e. The van der Waals surface area contributed by atoms with E-state index in [9.17, 15) is 0 Å². The van der Waals surface area contributed by atoms with Crippen molar-refractivity contribution in [1.29, 1.82) is 0 Å². The van der Waals surface area contributed by atoms with Crippen LogP contribution in [0.5, 0.6) is 5.75 Å². The third-order valence-electron chi connectivity index (χ3n) is 2.29. The van der Waals surface area contributed by atoms with Gasteiger partial charge in [0.05, 0.1) is 5.69 Å². The Morgan fingerprint density at radius 1 is 1.38 bits per heavy atom. The van der Waals surface area contributed by atoms with Crippen LogP contribution in [0.25, 0.3) is 0 Å². The summed E-state index contributed by atoms with van der Waals surface area (Å²) in [7, 11) is 1.90. The van der Waals surface area contributed by atoms with Gasteiger partial charge in [-0.3, -0.25) is 4.68 Å². The summed E-state index contributed by atoms with van der Waals surface area (Å²) in [6, 6.07) is 7.95. The monoisotopic (exact) mass is 280 g/mol. The summed E-state index contributed by atoms with van der Waals surface area (Å²) >= 11 is 3.43. The lowest BCUT2D eigenvalue weighted by atomic mass is 10.2. The van der Waals surface area contributed by atoms with Crippen LogP contribution in [0.1, 0.15) is 11.3 Å². The number of nitrogens with zero attached hydrogens (tertiary/aromatic N) is 2. The van der Waals surface area contributed by atoms with Crippen LogP contribution in [0, 0.1) is 6.92 Å². The van der Waals surface area contributed by atoms with E-state index in [0.29, 0.717) is 6.61 Å². The van der Waals surface area contributed by atoms with E-state index in [1.165, 1.54) is 0 Å². The molecule has 0 aliphatic carbocycles. The highest BCUT2D eigenvalue weighted by atomic mass is 79.9. The predicted octanol–water partition coefficient (Wildman–Crippen LogP) is 3.07. The van der Waals surface area contributed by atoms with Gasteiger partial charge in [-0.1, -0.05) is 22.0 Å². The van der Waals surface area contributed by atoms with Crippen molar-refractivity contribution in [2.45, 2.75) is 13.5 Å². The first-order chi connectivity index (χ1) is 7.65. The van der Waals surface area contributed by atoms with Crippen LogP contribution >= 0.6 is 15.9 Å². The Balaban J connectivity index is 2.07. The Morgan fingerprint density at radius 3 is 2.88 bits per heavy atom. The molecule has 0 N–H and O–H groups in total. The molecule has 0 saturated carbocycles. The summed E-state index contributed by atoms with van der Waals surface area (Å²) < 4.78 is 8.50. The molecule has 0 aliphatic rings. The first kappa shape index (κ1) is 11.2. The van der Waals surface area contributed by atoms with Gasteiger partial charge in [0.2, 0.25) is 0 Å². The van der Waals surface area contributed by atoms with Crippen molar-refractivity contribution < 1.29 is 4.74 Å². The quantitative estimate of drug-likeness (QED) is 0.864. The molecule has 0 aliphatic heterocycles. The zero-order chi connectivity index (χ0) is 11.5. The molecule has 0 bridgehead atoms. The molecule has 0 fully saturated rings. The number of halogens is 1. The standard InChI is InChI=1S/C12H13BrN2O/c1-9-3-4-10(13)7-12(9)16-8-11-5-6-15(2)14-11/h3-7H,8H2,1-2H3. The molecule has 2 rings (SSSR count). The fourth-order valence-electron chi connectivity index (χ4n) is 1.42. The largest absolute Gasteiger partial charge is 0.487 e. The lowest BCUT2D eigenvalue weighted by Gasteiger charge is -2.07. The molecule has 0 amide bonds. The zero-order valence-electron chi connectivity index (χ0n) is 9.27. The number of hydrogen-bond donors (Lipinski definition) is 0. The number of hydrogen-bond acceptors (Lipinski definition) is 2. The second kappa shape index (κ2) is 4.70. The molecular formula is C12H13BrN2O. The van der Waals surface area contributed by atoms with Crippen LogP contribution in [-0.2, 0) is 13.7 Å². The third-order valence-corrected chi connectivity index (χ3v) is 2.79. The second-order valence-corrected chi connectivity index (χ2v) is 4.59. The molecule has 0 radical (unpaired) electrons. The van der Waals surface area contributed by atoms with Gasteiger partial charge in [-0.2, -0.15) is 5.10 Å². The van der Waals surface area contributed by atoms with E-state index in [0.717, 1.165) is 21.5 Å². The number of benzene rings is 1. The van der Waals surface area contributed by atoms with Gasteiger partial charge in [0.15, 0.2) is 0 Å². The van der Waals surface area contributed by atoms with Crippen LogP contribution in [-0.4, -0.2) is 9.78 Å². The normalized spacial score (nSPS) is 10.4. The van der Waals surface area contributed by atoms with Crippen molar-refractivity contribution in [1.82, 2.24) is 9.78 Å². The molecule has 3 nitrogen and oxygen atoms in total. The number of aryl methyl sites for hydroxylation is 2. The Morgan fingerprint density at radius 2 is 2.19 bits per heavy atom. The molecular weight excluding hydrogens is 268 g/mol. The molecule has 0 saturated heterocycles. The Kier molecular flexibility index (Phi) is 3.29. The average molecular weight is 281 g/mol. The Hall–Kier alpha value is -1.29. The second-order valence-electron chi connectivity index (χ2n) is 3.68. The van der Waals surface area contributed by atoms with Gasteiger partial charge in [-0.15, -0.1) is 0 Å². The predicted molar refractivity (Wildman–Crippen MR) is 66.4 cm³/mol. The van der Waals surface area contributed by atoms with E-state index in [1.54, 1.807) is 4.68 Å². The number of rotatable bonds is 3. The number of ether oxygens (including phenoxy) is 1. The highest BCUT2D eigenvalue weighted by molar-refractivity contribution is 9.10. The minimum absolute atomic E-state index is 0.498. The van der Waals surface area contributed by atoms with E-state index < -0.39 is 0 Å². The molecule has 1 aromatic carbocycles. The summed E-state index contributed by atoms with van der Waals surface area (Å²) in [4.78, 5) is 0. The van der Waals surface area contributed by atoms with Gasteiger partial charge in [-0.05, 0) is 30.7 Å². The molecule has 0 atom stereocenters. The first-order valence-corrected chi connectivity index (χ1v) is 5.82. The maximum absolute atomic E-state index is 5.71. The van der Waals surface area contributed by atoms with E-state index in [2.05, 4.69) is 21.0 Å². The third kappa shape index (κ3) is 2.64. The van der Waals surface area contributed by atoms with Gasteiger partial charge in [0.25, 0.3) is 0 Å².